The number of imidazole rings is 1. The van der Waals surface area contributed by atoms with Crippen molar-refractivity contribution in [3.05, 3.63) is 126 Å². The van der Waals surface area contributed by atoms with Gasteiger partial charge in [-0.1, -0.05) is 84.9 Å². The average molecular weight is 432 g/mol. The first-order valence-electron chi connectivity index (χ1n) is 11.3. The van der Waals surface area contributed by atoms with Gasteiger partial charge in [-0.3, -0.25) is 4.79 Å². The van der Waals surface area contributed by atoms with Gasteiger partial charge in [0.1, 0.15) is 6.54 Å². The van der Waals surface area contributed by atoms with E-state index in [-0.39, 0.29) is 5.78 Å². The Morgan fingerprint density at radius 3 is 2.06 bits per heavy atom. The molecule has 0 N–H and O–H groups in total. The molecule has 0 amide bonds. The molecule has 0 spiro atoms. The highest BCUT2D eigenvalue weighted by Gasteiger charge is 2.20. The first-order chi connectivity index (χ1) is 16.1. The molecule has 4 aromatic carbocycles. The molecule has 5 aromatic rings. The molecule has 0 unspecified atom stereocenters. The molecule has 5 rings (SSSR count). The second-order valence-corrected chi connectivity index (χ2v) is 8.65. The lowest BCUT2D eigenvalue weighted by molar-refractivity contribution is -0.663. The maximum absolute atomic E-state index is 13.2. The van der Waals surface area contributed by atoms with E-state index in [4.69, 9.17) is 0 Å². The number of benzene rings is 4. The lowest BCUT2D eigenvalue weighted by atomic mass is 10.0. The predicted octanol–water partition coefficient (Wildman–Crippen LogP) is 6.14. The molecule has 0 fully saturated rings. The molecule has 162 valence electrons. The Balaban J connectivity index is 1.45. The third-order valence-corrected chi connectivity index (χ3v) is 6.31. The second-order valence-electron chi connectivity index (χ2n) is 8.65. The van der Waals surface area contributed by atoms with Gasteiger partial charge < -0.3 is 0 Å². The van der Waals surface area contributed by atoms with E-state index in [0.29, 0.717) is 6.54 Å². The van der Waals surface area contributed by atoms with Gasteiger partial charge >= 0.3 is 0 Å². The monoisotopic (exact) mass is 431 g/mol. The zero-order valence-electron chi connectivity index (χ0n) is 19.0. The summed E-state index contributed by atoms with van der Waals surface area (Å²) in [6.45, 7) is 5.34. The van der Waals surface area contributed by atoms with Crippen LogP contribution in [0.15, 0.2) is 103 Å². The van der Waals surface area contributed by atoms with Crippen LogP contribution in [0.5, 0.6) is 0 Å². The van der Waals surface area contributed by atoms with E-state index in [1.165, 1.54) is 16.7 Å². The molecule has 0 atom stereocenters. The number of hydrogen-bond acceptors (Lipinski definition) is 1. The van der Waals surface area contributed by atoms with Crippen LogP contribution in [0.1, 0.15) is 27.0 Å². The van der Waals surface area contributed by atoms with Gasteiger partial charge in [-0.15, -0.1) is 0 Å². The Morgan fingerprint density at radius 2 is 1.36 bits per heavy atom. The number of carbonyl (C=O) groups is 1. The van der Waals surface area contributed by atoms with Crippen LogP contribution in [0.2, 0.25) is 0 Å². The molecular formula is C30H27N2O+. The lowest BCUT2D eigenvalue weighted by Gasteiger charge is -2.04. The maximum atomic E-state index is 13.2. The van der Waals surface area contributed by atoms with Crippen molar-refractivity contribution in [2.45, 2.75) is 26.9 Å². The molecule has 0 saturated heterocycles. The van der Waals surface area contributed by atoms with Gasteiger partial charge in [-0.05, 0) is 53.8 Å². The summed E-state index contributed by atoms with van der Waals surface area (Å²) >= 11 is 0. The third-order valence-electron chi connectivity index (χ3n) is 6.31. The number of carbonyl (C=O) groups excluding carboxylic acids is 1. The van der Waals surface area contributed by atoms with Crippen LogP contribution in [0.3, 0.4) is 0 Å². The number of hydrogen-bond donors (Lipinski definition) is 0. The molecule has 0 radical (unpaired) electrons. The Morgan fingerprint density at radius 1 is 0.758 bits per heavy atom. The number of Topliss-reactive ketones (excluding diaryl/α,β-unsaturated/α-hetero) is 1. The second kappa shape index (κ2) is 8.87. The number of rotatable bonds is 6. The van der Waals surface area contributed by atoms with Crippen molar-refractivity contribution < 1.29 is 9.36 Å². The van der Waals surface area contributed by atoms with Gasteiger partial charge in [0.25, 0.3) is 0 Å². The fourth-order valence-electron chi connectivity index (χ4n) is 4.30. The molecule has 0 aliphatic heterocycles. The van der Waals surface area contributed by atoms with E-state index < -0.39 is 0 Å². The normalized spacial score (nSPS) is 11.1. The molecule has 1 aromatic heterocycles. The first kappa shape index (κ1) is 20.9. The fraction of sp³-hybridized carbons (Fsp3) is 0.133. The van der Waals surface area contributed by atoms with Gasteiger partial charge in [0.05, 0.1) is 0 Å². The van der Waals surface area contributed by atoms with E-state index in [0.717, 1.165) is 34.3 Å². The Bertz CT molecular complexity index is 1420. The van der Waals surface area contributed by atoms with Crippen LogP contribution in [0.4, 0.5) is 0 Å². The minimum absolute atomic E-state index is 0.108. The molecule has 3 heteroatoms. The smallest absolute Gasteiger partial charge is 0.245 e. The topological polar surface area (TPSA) is 25.9 Å². The Labute approximate surface area is 194 Å². The van der Waals surface area contributed by atoms with Crippen molar-refractivity contribution >= 4 is 16.8 Å². The summed E-state index contributed by atoms with van der Waals surface area (Å²) in [6.07, 6.45) is 2.08. The number of nitrogens with zero attached hydrogens (tertiary/aromatic N) is 2. The number of ketones is 1. The van der Waals surface area contributed by atoms with Gasteiger partial charge in [0.2, 0.25) is 12.1 Å². The summed E-state index contributed by atoms with van der Waals surface area (Å²) in [6, 6.07) is 33.0. The van der Waals surface area contributed by atoms with Crippen molar-refractivity contribution in [1.82, 2.24) is 4.57 Å². The van der Waals surface area contributed by atoms with Crippen LogP contribution in [0.25, 0.3) is 22.2 Å². The first-order valence-corrected chi connectivity index (χ1v) is 11.3. The zero-order chi connectivity index (χ0) is 22.8. The van der Waals surface area contributed by atoms with Crippen LogP contribution >= 0.6 is 0 Å². The quantitative estimate of drug-likeness (QED) is 0.234. The van der Waals surface area contributed by atoms with Crippen LogP contribution in [-0.2, 0) is 13.1 Å². The summed E-state index contributed by atoms with van der Waals surface area (Å²) < 4.78 is 4.32. The molecule has 1 heterocycles. The van der Waals surface area contributed by atoms with Gasteiger partial charge in [0.15, 0.2) is 17.6 Å². The van der Waals surface area contributed by atoms with Gasteiger partial charge in [-0.2, -0.15) is 0 Å². The Hall–Kier alpha value is -3.98. The number of aryl methyl sites for hydroxylation is 2. The lowest BCUT2D eigenvalue weighted by Crippen LogP contribution is -2.33. The predicted molar refractivity (Wildman–Crippen MR) is 133 cm³/mol. The summed E-state index contributed by atoms with van der Waals surface area (Å²) in [5, 5.41) is 0. The summed E-state index contributed by atoms with van der Waals surface area (Å²) in [5.41, 5.74) is 8.96. The summed E-state index contributed by atoms with van der Waals surface area (Å²) in [7, 11) is 0. The van der Waals surface area contributed by atoms with E-state index >= 15 is 0 Å². The van der Waals surface area contributed by atoms with Crippen LogP contribution < -0.4 is 4.57 Å². The highest BCUT2D eigenvalue weighted by atomic mass is 16.1. The van der Waals surface area contributed by atoms with E-state index in [1.807, 2.05) is 48.5 Å². The van der Waals surface area contributed by atoms with E-state index in [1.54, 1.807) is 0 Å². The fourth-order valence-corrected chi connectivity index (χ4v) is 4.30. The van der Waals surface area contributed by atoms with Gasteiger partial charge in [-0.25, -0.2) is 9.13 Å². The largest absolute Gasteiger partial charge is 0.290 e. The van der Waals surface area contributed by atoms with Crippen molar-refractivity contribution in [1.29, 1.82) is 0 Å². The van der Waals surface area contributed by atoms with Crippen molar-refractivity contribution in [2.75, 3.05) is 0 Å². The highest BCUT2D eigenvalue weighted by Crippen LogP contribution is 2.21. The van der Waals surface area contributed by atoms with Gasteiger partial charge in [0, 0.05) is 5.56 Å². The summed E-state index contributed by atoms with van der Waals surface area (Å²) in [4.78, 5) is 13.2. The van der Waals surface area contributed by atoms with Crippen molar-refractivity contribution in [3.63, 3.8) is 0 Å². The van der Waals surface area contributed by atoms with E-state index in [9.17, 15) is 4.79 Å². The zero-order valence-corrected chi connectivity index (χ0v) is 19.0. The SMILES string of the molecule is Cc1cc2c(cc1C)[n+](Cc1ccccc1)cn2CC(=O)c1ccc(-c2ccccc2)cc1. The molecule has 0 saturated carbocycles. The number of aromatic nitrogens is 2. The molecule has 0 aliphatic rings. The van der Waals surface area contributed by atoms with Crippen LogP contribution in [0, 0.1) is 13.8 Å². The van der Waals surface area contributed by atoms with Crippen molar-refractivity contribution in [3.8, 4) is 11.1 Å². The van der Waals surface area contributed by atoms with Crippen LogP contribution in [-0.4, -0.2) is 10.4 Å². The third kappa shape index (κ3) is 4.35. The standard InChI is InChI=1S/C30H27N2O/c1-22-17-28-29(18-23(22)2)32(21-31(28)19-24-9-5-3-6-10-24)20-30(33)27-15-13-26(14-16-27)25-11-7-4-8-12-25/h3-18,21H,19-20H2,1-2H3/q+1. The molecule has 0 bridgehead atoms. The molecular weight excluding hydrogens is 404 g/mol. The highest BCUT2D eigenvalue weighted by molar-refractivity contribution is 5.97. The minimum Gasteiger partial charge on any atom is -0.290 e. The average Bonchev–Trinajstić information content (AvgIpc) is 3.16. The maximum Gasteiger partial charge on any atom is 0.245 e. The van der Waals surface area contributed by atoms with E-state index in [2.05, 4.69) is 77.8 Å². The number of fused-ring (bicyclic) bond motifs is 1. The summed E-state index contributed by atoms with van der Waals surface area (Å²) in [5.74, 6) is 0.108. The molecule has 33 heavy (non-hydrogen) atoms. The van der Waals surface area contributed by atoms with Crippen molar-refractivity contribution in [2.24, 2.45) is 0 Å². The molecule has 3 nitrogen and oxygen atoms in total. The molecule has 0 aliphatic carbocycles. The Kier molecular flexibility index (Phi) is 5.62. The minimum atomic E-state index is 0.108.